The molecular weight excluding hydrogens is 486 g/mol. The zero-order valence-electron chi connectivity index (χ0n) is 17.7. The highest BCUT2D eigenvalue weighted by molar-refractivity contribution is 7.17. The Hall–Kier alpha value is -3.02. The summed E-state index contributed by atoms with van der Waals surface area (Å²) in [7, 11) is 0. The Bertz CT molecular complexity index is 1230. The van der Waals surface area contributed by atoms with Crippen molar-refractivity contribution in [3.63, 3.8) is 0 Å². The van der Waals surface area contributed by atoms with Crippen molar-refractivity contribution in [1.29, 1.82) is 0 Å². The Morgan fingerprint density at radius 2 is 1.71 bits per heavy atom. The van der Waals surface area contributed by atoms with Gasteiger partial charge in [0, 0.05) is 24.9 Å². The molecule has 1 amide bonds. The van der Waals surface area contributed by atoms with Gasteiger partial charge in [-0.1, -0.05) is 0 Å². The number of hydrogen-bond acceptors (Lipinski definition) is 4. The van der Waals surface area contributed by atoms with Gasteiger partial charge in [0.1, 0.15) is 5.69 Å². The van der Waals surface area contributed by atoms with Crippen LogP contribution in [-0.4, -0.2) is 29.6 Å². The summed E-state index contributed by atoms with van der Waals surface area (Å²) in [5.74, 6) is -0.920. The molecule has 2 aromatic heterocycles. The molecule has 1 saturated heterocycles. The number of carbonyl (C=O) groups is 2. The maximum atomic E-state index is 13.3. The average Bonchev–Trinajstić information content (AvgIpc) is 3.43. The Morgan fingerprint density at radius 1 is 1.06 bits per heavy atom. The highest BCUT2D eigenvalue weighted by atomic mass is 32.1. The molecule has 1 aliphatic rings. The Labute approximate surface area is 193 Å². The normalized spacial score (nSPS) is 14.9. The highest BCUT2D eigenvalue weighted by Gasteiger charge is 2.37. The van der Waals surface area contributed by atoms with E-state index in [0.717, 1.165) is 0 Å². The lowest BCUT2D eigenvalue weighted by atomic mass is 10.0. The zero-order valence-corrected chi connectivity index (χ0v) is 18.5. The summed E-state index contributed by atoms with van der Waals surface area (Å²) in [5, 5.41) is 1.69. The van der Waals surface area contributed by atoms with Gasteiger partial charge in [0.2, 0.25) is 5.91 Å². The summed E-state index contributed by atoms with van der Waals surface area (Å²) < 4.78 is 87.0. The third kappa shape index (κ3) is 4.50. The Kier molecular flexibility index (Phi) is 6.13. The molecule has 182 valence electrons. The lowest BCUT2D eigenvalue weighted by Gasteiger charge is -2.18. The first-order valence-electron chi connectivity index (χ1n) is 10.3. The van der Waals surface area contributed by atoms with Crippen molar-refractivity contribution in [2.75, 3.05) is 18.1 Å². The van der Waals surface area contributed by atoms with Gasteiger partial charge in [0.05, 0.1) is 33.6 Å². The molecule has 1 aromatic carbocycles. The number of thiophene rings is 1. The number of fused-ring (bicyclic) bond motifs is 1. The van der Waals surface area contributed by atoms with Crippen molar-refractivity contribution >= 4 is 39.1 Å². The number of ether oxygens (including phenoxy) is 1. The van der Waals surface area contributed by atoms with Crippen LogP contribution in [0.4, 0.5) is 32.0 Å². The number of anilines is 1. The van der Waals surface area contributed by atoms with Gasteiger partial charge in [-0.2, -0.15) is 26.3 Å². The summed E-state index contributed by atoms with van der Waals surface area (Å²) >= 11 is 1.22. The van der Waals surface area contributed by atoms with Crippen LogP contribution in [0.15, 0.2) is 29.6 Å². The maximum Gasteiger partial charge on any atom is 0.416 e. The Morgan fingerprint density at radius 3 is 2.24 bits per heavy atom. The van der Waals surface area contributed by atoms with E-state index in [1.165, 1.54) is 26.9 Å². The minimum atomic E-state index is -5.00. The van der Waals surface area contributed by atoms with Crippen LogP contribution in [0.1, 0.15) is 46.9 Å². The summed E-state index contributed by atoms with van der Waals surface area (Å²) in [4.78, 5) is 26.4. The van der Waals surface area contributed by atoms with E-state index in [1.54, 1.807) is 12.3 Å². The predicted octanol–water partition coefficient (Wildman–Crippen LogP) is 6.09. The van der Waals surface area contributed by atoms with Crippen molar-refractivity contribution in [3.05, 3.63) is 52.0 Å². The molecule has 4 rings (SSSR count). The van der Waals surface area contributed by atoms with E-state index in [-0.39, 0.29) is 29.8 Å². The maximum absolute atomic E-state index is 13.3. The number of rotatable bonds is 5. The number of benzene rings is 1. The smallest absolute Gasteiger partial charge is 0.416 e. The summed E-state index contributed by atoms with van der Waals surface area (Å²) in [6, 6.07) is 2.78. The van der Waals surface area contributed by atoms with Crippen LogP contribution in [0, 0.1) is 0 Å². The van der Waals surface area contributed by atoms with Gasteiger partial charge in [-0.3, -0.25) is 4.79 Å². The highest BCUT2D eigenvalue weighted by Crippen LogP contribution is 2.40. The summed E-state index contributed by atoms with van der Waals surface area (Å²) in [5.41, 5.74) is -2.37. The van der Waals surface area contributed by atoms with Crippen molar-refractivity contribution in [2.24, 2.45) is 0 Å². The number of carbonyl (C=O) groups excluding carboxylic acids is 2. The van der Waals surface area contributed by atoms with E-state index >= 15 is 0 Å². The minimum Gasteiger partial charge on any atom is -0.461 e. The van der Waals surface area contributed by atoms with Crippen molar-refractivity contribution < 1.29 is 40.7 Å². The van der Waals surface area contributed by atoms with Gasteiger partial charge < -0.3 is 14.2 Å². The third-order valence-corrected chi connectivity index (χ3v) is 6.35. The van der Waals surface area contributed by atoms with Crippen LogP contribution in [0.2, 0.25) is 0 Å². The fourth-order valence-corrected chi connectivity index (χ4v) is 4.96. The average molecular weight is 504 g/mol. The molecular formula is C22H18F6N2O3S. The number of esters is 1. The predicted molar refractivity (Wildman–Crippen MR) is 113 cm³/mol. The molecule has 5 nitrogen and oxygen atoms in total. The third-order valence-electron chi connectivity index (χ3n) is 5.44. The van der Waals surface area contributed by atoms with E-state index < -0.39 is 36.0 Å². The van der Waals surface area contributed by atoms with Gasteiger partial charge in [-0.05, 0) is 43.2 Å². The molecule has 0 spiro atoms. The first-order valence-corrected chi connectivity index (χ1v) is 11.1. The van der Waals surface area contributed by atoms with Gasteiger partial charge in [-0.15, -0.1) is 11.3 Å². The van der Waals surface area contributed by atoms with E-state index in [0.29, 0.717) is 47.4 Å². The molecule has 1 fully saturated rings. The molecule has 3 aromatic rings. The molecule has 0 saturated carbocycles. The monoisotopic (exact) mass is 504 g/mol. The molecule has 1 aliphatic heterocycles. The van der Waals surface area contributed by atoms with Crippen LogP contribution in [0.5, 0.6) is 0 Å². The summed E-state index contributed by atoms with van der Waals surface area (Å²) in [6.45, 7) is 1.56. The van der Waals surface area contributed by atoms with Crippen molar-refractivity contribution in [1.82, 2.24) is 4.57 Å². The molecule has 0 atom stereocenters. The van der Waals surface area contributed by atoms with Crippen molar-refractivity contribution in [3.8, 4) is 0 Å². The second-order valence-electron chi connectivity index (χ2n) is 7.73. The van der Waals surface area contributed by atoms with Crippen LogP contribution < -0.4 is 4.90 Å². The number of halogens is 6. The van der Waals surface area contributed by atoms with E-state index in [1.807, 2.05) is 0 Å². The Balaban J connectivity index is 1.89. The second kappa shape index (κ2) is 8.64. The first-order chi connectivity index (χ1) is 15.9. The quantitative estimate of drug-likeness (QED) is 0.312. The minimum absolute atomic E-state index is 0.0247. The topological polar surface area (TPSA) is 51.5 Å². The van der Waals surface area contributed by atoms with Crippen LogP contribution >= 0.6 is 11.3 Å². The van der Waals surface area contributed by atoms with Crippen LogP contribution in [0.3, 0.4) is 0 Å². The first kappa shape index (κ1) is 24.1. The van der Waals surface area contributed by atoms with Gasteiger partial charge in [0.25, 0.3) is 0 Å². The van der Waals surface area contributed by atoms with Gasteiger partial charge in [0.15, 0.2) is 0 Å². The zero-order chi connectivity index (χ0) is 24.8. The van der Waals surface area contributed by atoms with Gasteiger partial charge >= 0.3 is 18.3 Å². The van der Waals surface area contributed by atoms with Crippen LogP contribution in [-0.2, 0) is 28.4 Å². The molecule has 0 N–H and O–H groups in total. The number of amides is 1. The number of aromatic nitrogens is 1. The molecule has 34 heavy (non-hydrogen) atoms. The number of hydrogen-bond donors (Lipinski definition) is 0. The molecule has 0 unspecified atom stereocenters. The molecule has 0 radical (unpaired) electrons. The SMILES string of the molecule is CCOC(=O)c1cc2scc(N3CCCC3=O)c2n1Cc1cc(C(F)(F)F)cc(C(F)(F)F)c1. The standard InChI is InChI=1S/C22H18F6N2O3S/c1-2-33-20(32)15-9-17-19(16(11-34-17)29-5-3-4-18(29)31)30(15)10-12-6-13(21(23,24)25)8-14(7-12)22(26,27)28/h6-9,11H,2-5,10H2,1H3. The largest absolute Gasteiger partial charge is 0.461 e. The summed E-state index contributed by atoms with van der Waals surface area (Å²) in [6.07, 6.45) is -9.06. The van der Waals surface area contributed by atoms with E-state index in [2.05, 4.69) is 0 Å². The van der Waals surface area contributed by atoms with Crippen LogP contribution in [0.25, 0.3) is 10.2 Å². The van der Waals surface area contributed by atoms with Gasteiger partial charge in [-0.25, -0.2) is 4.79 Å². The molecule has 0 bridgehead atoms. The lowest BCUT2D eigenvalue weighted by molar-refractivity contribution is -0.143. The fourth-order valence-electron chi connectivity index (χ4n) is 3.98. The lowest BCUT2D eigenvalue weighted by Crippen LogP contribution is -2.24. The molecule has 3 heterocycles. The van der Waals surface area contributed by atoms with E-state index in [4.69, 9.17) is 4.74 Å². The fraction of sp³-hybridized carbons (Fsp3) is 0.364. The second-order valence-corrected chi connectivity index (χ2v) is 8.64. The number of nitrogens with zero attached hydrogens (tertiary/aromatic N) is 2. The van der Waals surface area contributed by atoms with Crippen molar-refractivity contribution in [2.45, 2.75) is 38.7 Å². The number of alkyl halides is 6. The van der Waals surface area contributed by atoms with E-state index in [9.17, 15) is 35.9 Å². The molecule has 12 heteroatoms. The molecule has 0 aliphatic carbocycles.